The van der Waals surface area contributed by atoms with Crippen molar-refractivity contribution in [2.75, 3.05) is 5.32 Å². The smallest absolute Gasteiger partial charge is 0.255 e. The van der Waals surface area contributed by atoms with Crippen LogP contribution in [0.5, 0.6) is 0 Å². The molecule has 0 aliphatic rings. The fraction of sp³-hybridized carbons (Fsp3) is 0.278. The zero-order valence-corrected chi connectivity index (χ0v) is 14.0. The Balaban J connectivity index is 2.04. The van der Waals surface area contributed by atoms with E-state index in [-0.39, 0.29) is 5.91 Å². The molecule has 0 aliphatic heterocycles. The highest BCUT2D eigenvalue weighted by Crippen LogP contribution is 2.20. The lowest BCUT2D eigenvalue weighted by Gasteiger charge is -2.10. The van der Waals surface area contributed by atoms with Crippen molar-refractivity contribution in [2.24, 2.45) is 0 Å². The molecule has 110 valence electrons. The van der Waals surface area contributed by atoms with Gasteiger partial charge in [0.05, 0.1) is 0 Å². The van der Waals surface area contributed by atoms with Crippen LogP contribution >= 0.6 is 15.9 Å². The topological polar surface area (TPSA) is 29.1 Å². The number of hydrogen-bond donors (Lipinski definition) is 1. The predicted molar refractivity (Wildman–Crippen MR) is 92.2 cm³/mol. The van der Waals surface area contributed by atoms with Crippen molar-refractivity contribution in [1.82, 2.24) is 0 Å². The Bertz CT molecular complexity index is 590. The lowest BCUT2D eigenvalue weighted by atomic mass is 9.98. The van der Waals surface area contributed by atoms with E-state index in [0.29, 0.717) is 11.5 Å². The summed E-state index contributed by atoms with van der Waals surface area (Å²) in [6.45, 7) is 4.38. The first-order chi connectivity index (χ1) is 10.1. The zero-order chi connectivity index (χ0) is 15.2. The number of amides is 1. The average Bonchev–Trinajstić information content (AvgIpc) is 2.55. The molecule has 0 heterocycles. The lowest BCUT2D eigenvalue weighted by molar-refractivity contribution is 0.102. The van der Waals surface area contributed by atoms with Gasteiger partial charge in [-0.05, 0) is 47.7 Å². The molecular formula is C18H20BrNO. The van der Waals surface area contributed by atoms with E-state index >= 15 is 0 Å². The molecule has 0 saturated carbocycles. The van der Waals surface area contributed by atoms with Crippen molar-refractivity contribution >= 4 is 27.5 Å². The van der Waals surface area contributed by atoms with E-state index in [2.05, 4.69) is 47.2 Å². The molecule has 3 heteroatoms. The minimum absolute atomic E-state index is 0.0765. The van der Waals surface area contributed by atoms with Gasteiger partial charge in [-0.1, -0.05) is 54.0 Å². The SMILES string of the molecule is CCC(C)c1ccc(NC(=O)c2ccc(CBr)cc2)cc1. The molecule has 0 saturated heterocycles. The maximum atomic E-state index is 12.2. The molecule has 0 radical (unpaired) electrons. The zero-order valence-electron chi connectivity index (χ0n) is 12.4. The highest BCUT2D eigenvalue weighted by molar-refractivity contribution is 9.08. The van der Waals surface area contributed by atoms with Gasteiger partial charge in [-0.25, -0.2) is 0 Å². The first kappa shape index (κ1) is 15.8. The molecule has 1 unspecified atom stereocenters. The van der Waals surface area contributed by atoms with Crippen LogP contribution in [-0.2, 0) is 5.33 Å². The van der Waals surface area contributed by atoms with E-state index in [9.17, 15) is 4.79 Å². The van der Waals surface area contributed by atoms with Crippen molar-refractivity contribution in [3.05, 3.63) is 65.2 Å². The van der Waals surface area contributed by atoms with E-state index in [1.807, 2.05) is 36.4 Å². The Labute approximate surface area is 134 Å². The third-order valence-electron chi connectivity index (χ3n) is 3.72. The molecule has 0 bridgehead atoms. The van der Waals surface area contributed by atoms with E-state index in [1.165, 1.54) is 5.56 Å². The maximum Gasteiger partial charge on any atom is 0.255 e. The molecule has 0 aliphatic carbocycles. The second kappa shape index (κ2) is 7.41. The average molecular weight is 346 g/mol. The monoisotopic (exact) mass is 345 g/mol. The fourth-order valence-electron chi connectivity index (χ4n) is 2.08. The van der Waals surface area contributed by atoms with Crippen LogP contribution in [0.4, 0.5) is 5.69 Å². The van der Waals surface area contributed by atoms with Crippen molar-refractivity contribution in [2.45, 2.75) is 31.5 Å². The van der Waals surface area contributed by atoms with Crippen LogP contribution in [0.15, 0.2) is 48.5 Å². The molecule has 1 atom stereocenters. The highest BCUT2D eigenvalue weighted by atomic mass is 79.9. The minimum atomic E-state index is -0.0765. The van der Waals surface area contributed by atoms with Crippen molar-refractivity contribution in [3.63, 3.8) is 0 Å². The Morgan fingerprint density at radius 1 is 1.10 bits per heavy atom. The fourth-order valence-corrected chi connectivity index (χ4v) is 2.45. The third-order valence-corrected chi connectivity index (χ3v) is 4.37. The number of nitrogens with one attached hydrogen (secondary N) is 1. The minimum Gasteiger partial charge on any atom is -0.322 e. The normalized spacial score (nSPS) is 12.0. The van der Waals surface area contributed by atoms with Crippen LogP contribution in [0, 0.1) is 0 Å². The second-order valence-corrected chi connectivity index (χ2v) is 5.78. The molecule has 2 nitrogen and oxygen atoms in total. The van der Waals surface area contributed by atoms with Gasteiger partial charge >= 0.3 is 0 Å². The number of hydrogen-bond acceptors (Lipinski definition) is 1. The van der Waals surface area contributed by atoms with Gasteiger partial charge in [0.2, 0.25) is 0 Å². The lowest BCUT2D eigenvalue weighted by Crippen LogP contribution is -2.11. The number of benzene rings is 2. The molecule has 2 aromatic rings. The van der Waals surface area contributed by atoms with Crippen LogP contribution in [0.1, 0.15) is 47.7 Å². The summed E-state index contributed by atoms with van der Waals surface area (Å²) < 4.78 is 0. The second-order valence-electron chi connectivity index (χ2n) is 5.22. The quantitative estimate of drug-likeness (QED) is 0.727. The molecule has 0 aromatic heterocycles. The van der Waals surface area contributed by atoms with Gasteiger partial charge in [-0.3, -0.25) is 4.79 Å². The van der Waals surface area contributed by atoms with Crippen LogP contribution in [-0.4, -0.2) is 5.91 Å². The Kier molecular flexibility index (Phi) is 5.57. The van der Waals surface area contributed by atoms with Crippen molar-refractivity contribution < 1.29 is 4.79 Å². The molecule has 2 aromatic carbocycles. The summed E-state index contributed by atoms with van der Waals surface area (Å²) >= 11 is 3.40. The third kappa shape index (κ3) is 4.18. The Hall–Kier alpha value is -1.61. The van der Waals surface area contributed by atoms with Gasteiger partial charge in [0.15, 0.2) is 0 Å². The number of anilines is 1. The van der Waals surface area contributed by atoms with E-state index in [1.54, 1.807) is 0 Å². The summed E-state index contributed by atoms with van der Waals surface area (Å²) in [6.07, 6.45) is 1.12. The number of rotatable bonds is 5. The molecule has 1 N–H and O–H groups in total. The van der Waals surface area contributed by atoms with Gasteiger partial charge in [0.1, 0.15) is 0 Å². The molecule has 2 rings (SSSR count). The predicted octanol–water partition coefficient (Wildman–Crippen LogP) is 5.35. The van der Waals surface area contributed by atoms with Gasteiger partial charge in [0.25, 0.3) is 5.91 Å². The molecule has 21 heavy (non-hydrogen) atoms. The largest absolute Gasteiger partial charge is 0.322 e. The summed E-state index contributed by atoms with van der Waals surface area (Å²) in [5, 5.41) is 3.73. The van der Waals surface area contributed by atoms with Crippen molar-refractivity contribution in [1.29, 1.82) is 0 Å². The first-order valence-corrected chi connectivity index (χ1v) is 8.32. The van der Waals surface area contributed by atoms with Gasteiger partial charge in [0, 0.05) is 16.6 Å². The summed E-state index contributed by atoms with van der Waals surface area (Å²) in [7, 11) is 0. The number of carbonyl (C=O) groups is 1. The van der Waals surface area contributed by atoms with Gasteiger partial charge in [-0.2, -0.15) is 0 Å². The standard InChI is InChI=1S/C18H20BrNO/c1-3-13(2)15-8-10-17(11-9-15)20-18(21)16-6-4-14(12-19)5-7-16/h4-11,13H,3,12H2,1-2H3,(H,20,21). The van der Waals surface area contributed by atoms with Crippen LogP contribution < -0.4 is 5.32 Å². The number of halogens is 1. The van der Waals surface area contributed by atoms with E-state index in [4.69, 9.17) is 0 Å². The Morgan fingerprint density at radius 2 is 1.71 bits per heavy atom. The van der Waals surface area contributed by atoms with Crippen LogP contribution in [0.25, 0.3) is 0 Å². The highest BCUT2D eigenvalue weighted by Gasteiger charge is 2.07. The number of alkyl halides is 1. The van der Waals surface area contributed by atoms with E-state index < -0.39 is 0 Å². The van der Waals surface area contributed by atoms with Gasteiger partial charge < -0.3 is 5.32 Å². The van der Waals surface area contributed by atoms with E-state index in [0.717, 1.165) is 23.0 Å². The van der Waals surface area contributed by atoms with Crippen LogP contribution in [0.2, 0.25) is 0 Å². The summed E-state index contributed by atoms with van der Waals surface area (Å²) in [5.41, 5.74) is 3.96. The molecule has 0 spiro atoms. The summed E-state index contributed by atoms with van der Waals surface area (Å²) in [5.74, 6) is 0.471. The summed E-state index contributed by atoms with van der Waals surface area (Å²) in [4.78, 5) is 12.2. The van der Waals surface area contributed by atoms with Crippen molar-refractivity contribution in [3.8, 4) is 0 Å². The molecule has 1 amide bonds. The summed E-state index contributed by atoms with van der Waals surface area (Å²) in [6, 6.07) is 15.7. The maximum absolute atomic E-state index is 12.2. The molecular weight excluding hydrogens is 326 g/mol. The first-order valence-electron chi connectivity index (χ1n) is 7.20. The number of carbonyl (C=O) groups excluding carboxylic acids is 1. The van der Waals surface area contributed by atoms with Crippen LogP contribution in [0.3, 0.4) is 0 Å². The van der Waals surface area contributed by atoms with Gasteiger partial charge in [-0.15, -0.1) is 0 Å². The molecule has 0 fully saturated rings. The Morgan fingerprint density at radius 3 is 2.24 bits per heavy atom.